The summed E-state index contributed by atoms with van der Waals surface area (Å²) in [4.78, 5) is 19.7. The highest BCUT2D eigenvalue weighted by atomic mass is 16.5. The van der Waals surface area contributed by atoms with Crippen LogP contribution >= 0.6 is 0 Å². The van der Waals surface area contributed by atoms with Crippen LogP contribution in [0.15, 0.2) is 18.5 Å². The molecule has 8 nitrogen and oxygen atoms in total. The number of pyridine rings is 1. The first-order valence-corrected chi connectivity index (χ1v) is 10.1. The van der Waals surface area contributed by atoms with Gasteiger partial charge in [-0.1, -0.05) is 0 Å². The van der Waals surface area contributed by atoms with Crippen LogP contribution in [0.2, 0.25) is 0 Å². The molecule has 2 aromatic heterocycles. The molecule has 0 spiro atoms. The fourth-order valence-corrected chi connectivity index (χ4v) is 4.10. The highest BCUT2D eigenvalue weighted by molar-refractivity contribution is 5.96. The second-order valence-electron chi connectivity index (χ2n) is 7.87. The van der Waals surface area contributed by atoms with E-state index in [1.165, 1.54) is 0 Å². The number of hydrogen-bond donors (Lipinski definition) is 1. The Morgan fingerprint density at radius 3 is 2.79 bits per heavy atom. The summed E-state index contributed by atoms with van der Waals surface area (Å²) in [5, 5.41) is 8.38. The van der Waals surface area contributed by atoms with E-state index in [0.29, 0.717) is 18.0 Å². The molecule has 2 saturated heterocycles. The average molecular weight is 387 g/mol. The Hall–Kier alpha value is -2.03. The summed E-state index contributed by atoms with van der Waals surface area (Å²) in [6.07, 6.45) is 4.45. The zero-order valence-electron chi connectivity index (χ0n) is 16.6. The topological polar surface area (TPSA) is 81.5 Å². The number of fused-ring (bicyclic) bond motifs is 1. The zero-order valence-corrected chi connectivity index (χ0v) is 16.6. The van der Waals surface area contributed by atoms with Gasteiger partial charge < -0.3 is 14.8 Å². The van der Waals surface area contributed by atoms with E-state index in [2.05, 4.69) is 34.1 Å². The number of ether oxygens (including phenoxy) is 2. The number of nitrogens with one attached hydrogen (secondary N) is 1. The number of rotatable bonds is 6. The zero-order chi connectivity index (χ0) is 19.5. The lowest BCUT2D eigenvalue weighted by atomic mass is 9.96. The van der Waals surface area contributed by atoms with Crippen molar-refractivity contribution in [3.05, 3.63) is 24.0 Å². The first-order valence-electron chi connectivity index (χ1n) is 10.1. The molecule has 2 fully saturated rings. The third-order valence-electron chi connectivity index (χ3n) is 5.68. The molecule has 2 aliphatic heterocycles. The predicted octanol–water partition coefficient (Wildman–Crippen LogP) is 1.48. The lowest BCUT2D eigenvalue weighted by Crippen LogP contribution is -2.52. The normalized spacial score (nSPS) is 22.0. The van der Waals surface area contributed by atoms with Crippen molar-refractivity contribution in [2.75, 3.05) is 46.1 Å². The Morgan fingerprint density at radius 1 is 1.25 bits per heavy atom. The van der Waals surface area contributed by atoms with Gasteiger partial charge in [0.15, 0.2) is 5.65 Å². The van der Waals surface area contributed by atoms with Gasteiger partial charge in [-0.2, -0.15) is 5.10 Å². The number of hydrogen-bond acceptors (Lipinski definition) is 6. The van der Waals surface area contributed by atoms with Gasteiger partial charge in [0.2, 0.25) is 0 Å². The van der Waals surface area contributed by atoms with Crippen molar-refractivity contribution in [3.63, 3.8) is 0 Å². The second-order valence-corrected chi connectivity index (χ2v) is 7.87. The molecule has 4 heterocycles. The number of amides is 1. The standard InChI is InChI=1S/C20H29N5O3/c1-14(2)25-19-16(11-23-25)9-17(10-21-19)20(26)22-12-18(15-3-6-28-13-15)24-4-7-27-8-5-24/h9-11,14-15,18H,3-8,12-13H2,1-2H3,(H,22,26). The van der Waals surface area contributed by atoms with Gasteiger partial charge in [-0.3, -0.25) is 9.69 Å². The van der Waals surface area contributed by atoms with Gasteiger partial charge in [0.05, 0.1) is 31.6 Å². The van der Waals surface area contributed by atoms with Gasteiger partial charge in [0, 0.05) is 55.8 Å². The number of nitrogens with zero attached hydrogens (tertiary/aromatic N) is 4. The third-order valence-corrected chi connectivity index (χ3v) is 5.68. The van der Waals surface area contributed by atoms with E-state index < -0.39 is 0 Å². The first kappa shape index (κ1) is 19.3. The summed E-state index contributed by atoms with van der Waals surface area (Å²) >= 11 is 0. The van der Waals surface area contributed by atoms with E-state index in [1.54, 1.807) is 12.4 Å². The van der Waals surface area contributed by atoms with E-state index in [1.807, 2.05) is 10.7 Å². The van der Waals surface area contributed by atoms with Crippen molar-refractivity contribution in [1.29, 1.82) is 0 Å². The van der Waals surface area contributed by atoms with Gasteiger partial charge in [-0.25, -0.2) is 9.67 Å². The van der Waals surface area contributed by atoms with E-state index in [9.17, 15) is 4.79 Å². The monoisotopic (exact) mass is 387 g/mol. The Labute approximate surface area is 165 Å². The molecule has 4 rings (SSSR count). The molecule has 8 heteroatoms. The molecule has 28 heavy (non-hydrogen) atoms. The molecule has 152 valence electrons. The maximum atomic E-state index is 12.8. The van der Waals surface area contributed by atoms with Gasteiger partial charge in [-0.05, 0) is 26.3 Å². The predicted molar refractivity (Wildman–Crippen MR) is 105 cm³/mol. The summed E-state index contributed by atoms with van der Waals surface area (Å²) in [5.41, 5.74) is 1.38. The van der Waals surface area contributed by atoms with Crippen molar-refractivity contribution in [2.24, 2.45) is 5.92 Å². The minimum absolute atomic E-state index is 0.0936. The van der Waals surface area contributed by atoms with Gasteiger partial charge in [0.25, 0.3) is 5.91 Å². The lowest BCUT2D eigenvalue weighted by Gasteiger charge is -2.37. The van der Waals surface area contributed by atoms with Crippen LogP contribution in [0.25, 0.3) is 11.0 Å². The van der Waals surface area contributed by atoms with Crippen molar-refractivity contribution >= 4 is 16.9 Å². The van der Waals surface area contributed by atoms with E-state index >= 15 is 0 Å². The minimum atomic E-state index is -0.0936. The highest BCUT2D eigenvalue weighted by Crippen LogP contribution is 2.22. The minimum Gasteiger partial charge on any atom is -0.381 e. The van der Waals surface area contributed by atoms with Crippen molar-refractivity contribution in [2.45, 2.75) is 32.4 Å². The first-order chi connectivity index (χ1) is 13.6. The van der Waals surface area contributed by atoms with Crippen LogP contribution in [0.1, 0.15) is 36.7 Å². The molecule has 1 N–H and O–H groups in total. The maximum Gasteiger partial charge on any atom is 0.252 e. The highest BCUT2D eigenvalue weighted by Gasteiger charge is 2.31. The Bertz CT molecular complexity index is 809. The SMILES string of the molecule is CC(C)n1ncc2cc(C(=O)NCC(C3CCOC3)N3CCOCC3)cnc21. The van der Waals surface area contributed by atoms with Crippen LogP contribution in [0.5, 0.6) is 0 Å². The number of carbonyl (C=O) groups is 1. The fourth-order valence-electron chi connectivity index (χ4n) is 4.10. The van der Waals surface area contributed by atoms with Crippen LogP contribution in [0.4, 0.5) is 0 Å². The van der Waals surface area contributed by atoms with Crippen LogP contribution in [-0.4, -0.2) is 77.7 Å². The van der Waals surface area contributed by atoms with Crippen molar-refractivity contribution in [3.8, 4) is 0 Å². The molecule has 2 aliphatic rings. The molecule has 2 atom stereocenters. The quantitative estimate of drug-likeness (QED) is 0.809. The summed E-state index contributed by atoms with van der Waals surface area (Å²) in [6, 6.07) is 2.37. The van der Waals surface area contributed by atoms with E-state index in [4.69, 9.17) is 9.47 Å². The molecular formula is C20H29N5O3. The largest absolute Gasteiger partial charge is 0.381 e. The molecule has 0 bridgehead atoms. The van der Waals surface area contributed by atoms with E-state index in [0.717, 1.165) is 57.0 Å². The van der Waals surface area contributed by atoms with Crippen molar-refractivity contribution in [1.82, 2.24) is 25.0 Å². The summed E-state index contributed by atoms with van der Waals surface area (Å²) in [6.45, 7) is 9.60. The average Bonchev–Trinajstić information content (AvgIpc) is 3.38. The molecule has 2 aromatic rings. The van der Waals surface area contributed by atoms with Gasteiger partial charge in [-0.15, -0.1) is 0 Å². The molecule has 0 saturated carbocycles. The number of carbonyl (C=O) groups excluding carboxylic acids is 1. The summed E-state index contributed by atoms with van der Waals surface area (Å²) < 4.78 is 13.0. The third kappa shape index (κ3) is 4.04. The van der Waals surface area contributed by atoms with Crippen molar-refractivity contribution < 1.29 is 14.3 Å². The Balaban J connectivity index is 1.44. The molecular weight excluding hydrogens is 358 g/mol. The fraction of sp³-hybridized carbons (Fsp3) is 0.650. The van der Waals surface area contributed by atoms with Crippen LogP contribution < -0.4 is 5.32 Å². The number of morpholine rings is 1. The molecule has 0 aliphatic carbocycles. The second kappa shape index (κ2) is 8.55. The summed E-state index contributed by atoms with van der Waals surface area (Å²) in [7, 11) is 0. The lowest BCUT2D eigenvalue weighted by molar-refractivity contribution is 0.00166. The van der Waals surface area contributed by atoms with Gasteiger partial charge in [0.1, 0.15) is 0 Å². The van der Waals surface area contributed by atoms with Crippen LogP contribution in [0, 0.1) is 5.92 Å². The van der Waals surface area contributed by atoms with Gasteiger partial charge >= 0.3 is 0 Å². The number of aromatic nitrogens is 3. The molecule has 0 radical (unpaired) electrons. The Kier molecular flexibility index (Phi) is 5.89. The molecule has 1 amide bonds. The molecule has 2 unspecified atom stereocenters. The molecule has 0 aromatic carbocycles. The smallest absolute Gasteiger partial charge is 0.252 e. The van der Waals surface area contributed by atoms with E-state index in [-0.39, 0.29) is 18.0 Å². The maximum absolute atomic E-state index is 12.8. The van der Waals surface area contributed by atoms with Crippen LogP contribution in [0.3, 0.4) is 0 Å². The summed E-state index contributed by atoms with van der Waals surface area (Å²) in [5.74, 6) is 0.354. The Morgan fingerprint density at radius 2 is 2.07 bits per heavy atom. The van der Waals surface area contributed by atoms with Crippen LogP contribution in [-0.2, 0) is 9.47 Å².